The van der Waals surface area contributed by atoms with Crippen LogP contribution >= 0.6 is 11.6 Å². The number of aromatic nitrogens is 12. The van der Waals surface area contributed by atoms with Crippen molar-refractivity contribution in [1.82, 2.24) is 73.8 Å². The normalized spacial score (nSPS) is 15.5. The Morgan fingerprint density at radius 2 is 0.938 bits per heavy atom. The highest BCUT2D eigenvalue weighted by Crippen LogP contribution is 2.46. The van der Waals surface area contributed by atoms with Gasteiger partial charge in [-0.25, -0.2) is 8.78 Å². The van der Waals surface area contributed by atoms with Crippen LogP contribution < -0.4 is 14.7 Å². The van der Waals surface area contributed by atoms with Crippen LogP contribution in [0.2, 0.25) is 5.02 Å². The highest BCUT2D eigenvalue weighted by Gasteiger charge is 2.36. The summed E-state index contributed by atoms with van der Waals surface area (Å²) in [5, 5.41) is 31.4. The lowest BCUT2D eigenvalue weighted by molar-refractivity contribution is -0.130. The van der Waals surface area contributed by atoms with Crippen molar-refractivity contribution in [3.63, 3.8) is 0 Å². The third-order valence-corrected chi connectivity index (χ3v) is 19.7. The maximum atomic E-state index is 14.1. The topological polar surface area (TPSA) is 188 Å². The van der Waals surface area contributed by atoms with Crippen LogP contribution in [-0.4, -0.2) is 131 Å². The SMILES string of the molecule is CC.CC(=O)N1CCc2[nH]nc(N3CCCc4cc(-c5cnn(C)c5)c(Cl)cc43)c2C1.CC(=O)N1CCc2c(c(N3CCCc4cc(-c5cnn(C)c5)c(C)cc43)nn2C(C)C)C1.CC(=O)N1CCc2c(c(N3CCc4cc(-c5cnn(C)c5)c(C(F)F)cc43)nn2C(C)C)C1. The molecule has 0 fully saturated rings. The zero-order valence-electron chi connectivity index (χ0n) is 57.6. The first kappa shape index (κ1) is 66.9. The summed E-state index contributed by atoms with van der Waals surface area (Å²) in [5.41, 5.74) is 20.5. The van der Waals surface area contributed by atoms with Crippen molar-refractivity contribution in [2.45, 2.75) is 159 Å². The molecule has 12 heterocycles. The van der Waals surface area contributed by atoms with Crippen molar-refractivity contribution in [3.05, 3.63) is 140 Å². The molecule has 3 amide bonds. The van der Waals surface area contributed by atoms with Crippen molar-refractivity contribution in [3.8, 4) is 33.4 Å². The zero-order valence-corrected chi connectivity index (χ0v) is 58.4. The number of carbonyl (C=O) groups is 3. The predicted molar refractivity (Wildman–Crippen MR) is 372 cm³/mol. The Labute approximate surface area is 565 Å². The molecule has 0 saturated carbocycles. The average molecular weight is 1330 g/mol. The van der Waals surface area contributed by atoms with E-state index in [0.29, 0.717) is 54.9 Å². The molecule has 1 N–H and O–H groups in total. The molecule has 0 saturated heterocycles. The minimum Gasteiger partial charge on any atom is -0.338 e. The summed E-state index contributed by atoms with van der Waals surface area (Å²) < 4.78 is 37.7. The number of aryl methyl sites for hydroxylation is 6. The number of hydrogen-bond acceptors (Lipinski definition) is 12. The second kappa shape index (κ2) is 27.5. The number of nitrogens with one attached hydrogen (secondary N) is 1. The van der Waals surface area contributed by atoms with Crippen molar-refractivity contribution < 1.29 is 23.2 Å². The molecule has 21 nitrogen and oxygen atoms in total. The quantitative estimate of drug-likeness (QED) is 0.144. The second-order valence-corrected chi connectivity index (χ2v) is 26.8. The molecule has 0 aliphatic carbocycles. The van der Waals surface area contributed by atoms with Gasteiger partial charge in [0.2, 0.25) is 17.7 Å². The van der Waals surface area contributed by atoms with Crippen molar-refractivity contribution in [1.29, 1.82) is 0 Å². The van der Waals surface area contributed by atoms with E-state index in [1.54, 1.807) is 55.6 Å². The van der Waals surface area contributed by atoms with Crippen LogP contribution in [0.3, 0.4) is 0 Å². The van der Waals surface area contributed by atoms with Crippen LogP contribution in [0.1, 0.15) is 155 Å². The summed E-state index contributed by atoms with van der Waals surface area (Å²) in [6, 6.07) is 12.8. The number of amides is 3. The molecule has 3 aromatic carbocycles. The van der Waals surface area contributed by atoms with E-state index in [1.807, 2.05) is 82.7 Å². The van der Waals surface area contributed by atoms with Crippen LogP contribution in [0.25, 0.3) is 33.4 Å². The predicted octanol–water partition coefficient (Wildman–Crippen LogP) is 13.0. The molecular formula is C72H89ClF2N18O3. The summed E-state index contributed by atoms with van der Waals surface area (Å²) in [4.78, 5) is 48.4. The molecule has 0 spiro atoms. The average Bonchev–Trinajstić information content (AvgIpc) is 1.56. The zero-order chi connectivity index (χ0) is 68.1. The number of rotatable bonds is 9. The van der Waals surface area contributed by atoms with Gasteiger partial charge in [0, 0.05) is 210 Å². The molecular weight excluding hydrogens is 1240 g/mol. The van der Waals surface area contributed by atoms with Crippen LogP contribution in [0.5, 0.6) is 0 Å². The van der Waals surface area contributed by atoms with Gasteiger partial charge in [0.1, 0.15) is 0 Å². The van der Waals surface area contributed by atoms with Gasteiger partial charge in [-0.15, -0.1) is 0 Å². The molecule has 96 heavy (non-hydrogen) atoms. The lowest BCUT2D eigenvalue weighted by Gasteiger charge is -2.33. The van der Waals surface area contributed by atoms with E-state index < -0.39 is 6.43 Å². The summed E-state index contributed by atoms with van der Waals surface area (Å²) in [5.74, 6) is 2.98. The first-order valence-corrected chi connectivity index (χ1v) is 34.2. The van der Waals surface area contributed by atoms with Gasteiger partial charge in [0.25, 0.3) is 6.43 Å². The van der Waals surface area contributed by atoms with Crippen molar-refractivity contribution in [2.24, 2.45) is 21.1 Å². The smallest absolute Gasteiger partial charge is 0.264 e. The maximum absolute atomic E-state index is 14.1. The minimum atomic E-state index is -2.61. The molecule has 0 unspecified atom stereocenters. The molecule has 0 radical (unpaired) electrons. The Morgan fingerprint density at radius 3 is 1.43 bits per heavy atom. The molecule has 6 aliphatic rings. The van der Waals surface area contributed by atoms with Crippen LogP contribution in [-0.2, 0) is 93.7 Å². The molecule has 0 bridgehead atoms. The molecule has 9 aromatic rings. The van der Waals surface area contributed by atoms with Gasteiger partial charge < -0.3 is 29.4 Å². The first-order valence-electron chi connectivity index (χ1n) is 33.8. The summed E-state index contributed by atoms with van der Waals surface area (Å²) in [6.07, 6.45) is 16.0. The monoisotopic (exact) mass is 1330 g/mol. The number of H-pyrrole nitrogens is 1. The van der Waals surface area contributed by atoms with E-state index in [2.05, 4.69) is 104 Å². The molecule has 24 heteroatoms. The van der Waals surface area contributed by atoms with E-state index in [1.165, 1.54) is 39.2 Å². The van der Waals surface area contributed by atoms with Gasteiger partial charge in [-0.2, -0.15) is 30.6 Å². The summed E-state index contributed by atoms with van der Waals surface area (Å²) in [7, 11) is 5.64. The molecule has 6 aliphatic heterocycles. The number of fused-ring (bicyclic) bond motifs is 6. The number of alkyl halides is 2. The lowest BCUT2D eigenvalue weighted by Crippen LogP contribution is -2.35. The van der Waals surface area contributed by atoms with Gasteiger partial charge in [-0.05, 0) is 137 Å². The van der Waals surface area contributed by atoms with E-state index >= 15 is 0 Å². The van der Waals surface area contributed by atoms with Crippen molar-refractivity contribution in [2.75, 3.05) is 54.0 Å². The third kappa shape index (κ3) is 12.9. The van der Waals surface area contributed by atoms with E-state index in [9.17, 15) is 23.2 Å². The highest BCUT2D eigenvalue weighted by atomic mass is 35.5. The van der Waals surface area contributed by atoms with E-state index in [-0.39, 0.29) is 29.3 Å². The number of nitrogens with zero attached hydrogens (tertiary/aromatic N) is 17. The van der Waals surface area contributed by atoms with E-state index in [0.717, 1.165) is 151 Å². The Morgan fingerprint density at radius 1 is 0.510 bits per heavy atom. The molecule has 0 atom stereocenters. The van der Waals surface area contributed by atoms with Gasteiger partial charge >= 0.3 is 0 Å². The number of hydrogen-bond donors (Lipinski definition) is 1. The number of anilines is 6. The minimum absolute atomic E-state index is 0.00354. The molecule has 15 rings (SSSR count). The summed E-state index contributed by atoms with van der Waals surface area (Å²) in [6.45, 7) is 26.0. The van der Waals surface area contributed by atoms with Gasteiger partial charge in [0.15, 0.2) is 17.5 Å². The van der Waals surface area contributed by atoms with Gasteiger partial charge in [-0.3, -0.25) is 42.9 Å². The standard InChI is InChI=1S/C25H32N6O.C24H28F2N6O.C21H23ClN6O.C2H6/c1-16(2)31-23-8-10-29(18(4)32)15-22(23)25(27-31)30-9-6-7-19-12-21(17(3)11-24(19)30)20-13-26-28(5)14-20;1-14(2)32-21-6-7-30(15(3)33)13-20(21)24(28-32)31-8-5-16-9-18(17-11-27-29(4)12-17)19(23(25)26)10-22(16)31;1-13(29)27-7-5-19-17(12-27)21(25-24-19)28-6-3-4-14-8-16(18(22)9-20(14)28)15-10-23-26(2)11-15;1-2/h11-14,16H,6-10,15H2,1-5H3;9-12,14,23H,5-8,13H2,1-4H3;8-11H,3-7,12H2,1-2H3,(H,24,25);1-2H3. The Balaban J connectivity index is 0.000000136. The number of aromatic amines is 1. The summed E-state index contributed by atoms with van der Waals surface area (Å²) >= 11 is 6.70. The van der Waals surface area contributed by atoms with Crippen LogP contribution in [0, 0.1) is 6.92 Å². The Bertz CT molecular complexity index is 4390. The fourth-order valence-corrected chi connectivity index (χ4v) is 14.8. The number of halogens is 3. The number of carbonyl (C=O) groups excluding carboxylic acids is 3. The highest BCUT2D eigenvalue weighted by molar-refractivity contribution is 6.33. The first-order chi connectivity index (χ1) is 46.1. The van der Waals surface area contributed by atoms with Crippen LogP contribution in [0.15, 0.2) is 73.6 Å². The Hall–Kier alpha value is -9.12. The fraction of sp³-hybridized carbons (Fsp3) is 0.458. The van der Waals surface area contributed by atoms with Crippen molar-refractivity contribution >= 4 is 63.8 Å². The van der Waals surface area contributed by atoms with Gasteiger partial charge in [-0.1, -0.05) is 25.4 Å². The van der Waals surface area contributed by atoms with Gasteiger partial charge in [0.05, 0.1) is 43.2 Å². The Kier molecular flexibility index (Phi) is 19.2. The molecule has 6 aromatic heterocycles. The largest absolute Gasteiger partial charge is 0.338 e. The molecule has 506 valence electrons. The third-order valence-electron chi connectivity index (χ3n) is 19.4. The van der Waals surface area contributed by atoms with E-state index in [4.69, 9.17) is 21.8 Å². The second-order valence-electron chi connectivity index (χ2n) is 26.4. The van der Waals surface area contributed by atoms with Crippen LogP contribution in [0.4, 0.5) is 43.3 Å². The maximum Gasteiger partial charge on any atom is 0.264 e. The lowest BCUT2D eigenvalue weighted by atomic mass is 9.93. The number of benzene rings is 3. The fourth-order valence-electron chi connectivity index (χ4n) is 14.6.